The largest absolute Gasteiger partial charge is 0.496 e. The van der Waals surface area contributed by atoms with Gasteiger partial charge >= 0.3 is 0 Å². The monoisotopic (exact) mass is 636 g/mol. The molecule has 0 atom stereocenters. The molecule has 0 aliphatic rings. The van der Waals surface area contributed by atoms with E-state index in [0.29, 0.717) is 34.0 Å². The molecule has 6 nitrogen and oxygen atoms in total. The molecule has 0 radical (unpaired) electrons. The number of rotatable bonds is 9. The Balaban J connectivity index is 1.72. The van der Waals surface area contributed by atoms with E-state index in [1.807, 2.05) is 72.8 Å². The molecule has 0 fully saturated rings. The van der Waals surface area contributed by atoms with E-state index in [0.717, 1.165) is 8.95 Å². The highest BCUT2D eigenvalue weighted by Crippen LogP contribution is 2.29. The quantitative estimate of drug-likeness (QED) is 0.194. The Morgan fingerprint density at radius 2 is 0.974 bits per heavy atom. The predicted molar refractivity (Wildman–Crippen MR) is 158 cm³/mol. The summed E-state index contributed by atoms with van der Waals surface area (Å²) in [6, 6.07) is 29.4. The van der Waals surface area contributed by atoms with E-state index in [1.54, 1.807) is 34.1 Å². The Hall–Kier alpha value is -3.62. The highest BCUT2D eigenvalue weighted by Gasteiger charge is 2.26. The molecule has 0 spiro atoms. The predicted octanol–water partition coefficient (Wildman–Crippen LogP) is 7.22. The summed E-state index contributed by atoms with van der Waals surface area (Å²) in [5.74, 6) is 0.452. The zero-order chi connectivity index (χ0) is 27.1. The van der Waals surface area contributed by atoms with E-state index in [-0.39, 0.29) is 24.9 Å². The van der Waals surface area contributed by atoms with Crippen molar-refractivity contribution in [3.05, 3.63) is 117 Å². The lowest BCUT2D eigenvalue weighted by atomic mass is 10.1. The summed E-state index contributed by atoms with van der Waals surface area (Å²) < 4.78 is 12.5. The molecule has 0 bridgehead atoms. The number of carbonyl (C=O) groups excluding carboxylic acids is 2. The Morgan fingerprint density at radius 1 is 0.605 bits per heavy atom. The number of anilines is 2. The summed E-state index contributed by atoms with van der Waals surface area (Å²) >= 11 is 6.92. The van der Waals surface area contributed by atoms with E-state index in [4.69, 9.17) is 9.47 Å². The van der Waals surface area contributed by atoms with Crippen molar-refractivity contribution in [3.63, 3.8) is 0 Å². The Bertz CT molecular complexity index is 1310. The van der Waals surface area contributed by atoms with Crippen molar-refractivity contribution in [2.45, 2.75) is 0 Å². The van der Waals surface area contributed by atoms with Crippen LogP contribution in [0.3, 0.4) is 0 Å². The Labute approximate surface area is 239 Å². The first kappa shape index (κ1) is 27.4. The van der Waals surface area contributed by atoms with Crippen molar-refractivity contribution in [1.29, 1.82) is 0 Å². The molecule has 38 heavy (non-hydrogen) atoms. The van der Waals surface area contributed by atoms with Crippen molar-refractivity contribution in [2.24, 2.45) is 0 Å². The van der Waals surface area contributed by atoms with Crippen molar-refractivity contribution in [2.75, 3.05) is 37.1 Å². The van der Waals surface area contributed by atoms with Gasteiger partial charge in [-0.25, -0.2) is 0 Å². The Morgan fingerprint density at radius 3 is 1.32 bits per heavy atom. The van der Waals surface area contributed by atoms with Gasteiger partial charge in [0.05, 0.1) is 25.3 Å². The maximum absolute atomic E-state index is 13.9. The van der Waals surface area contributed by atoms with Crippen LogP contribution in [0.15, 0.2) is 106 Å². The molecule has 194 valence electrons. The second kappa shape index (κ2) is 12.8. The first-order valence-corrected chi connectivity index (χ1v) is 13.4. The molecule has 0 aromatic heterocycles. The third-order valence-electron chi connectivity index (χ3n) is 5.96. The number of benzene rings is 4. The molecule has 4 rings (SSSR count). The van der Waals surface area contributed by atoms with Crippen LogP contribution >= 0.6 is 31.9 Å². The fourth-order valence-corrected chi connectivity index (χ4v) is 4.82. The second-order valence-corrected chi connectivity index (χ2v) is 10.1. The smallest absolute Gasteiger partial charge is 0.262 e. The van der Waals surface area contributed by atoms with E-state index < -0.39 is 0 Å². The summed E-state index contributed by atoms with van der Waals surface area (Å²) in [6.45, 7) is 0.463. The number of carbonyl (C=O) groups is 2. The lowest BCUT2D eigenvalue weighted by Crippen LogP contribution is -2.41. The van der Waals surface area contributed by atoms with E-state index in [2.05, 4.69) is 31.9 Å². The number of para-hydroxylation sites is 2. The zero-order valence-electron chi connectivity index (χ0n) is 20.9. The van der Waals surface area contributed by atoms with Crippen molar-refractivity contribution in [3.8, 4) is 11.5 Å². The number of ether oxygens (including phenoxy) is 2. The molecule has 0 unspecified atom stereocenters. The number of nitrogens with zero attached hydrogens (tertiary/aromatic N) is 2. The minimum Gasteiger partial charge on any atom is -0.496 e. The van der Waals surface area contributed by atoms with Gasteiger partial charge in [0.15, 0.2) is 0 Å². The van der Waals surface area contributed by atoms with Gasteiger partial charge in [-0.1, -0.05) is 68.3 Å². The molecule has 8 heteroatoms. The van der Waals surface area contributed by atoms with Gasteiger partial charge in [-0.15, -0.1) is 0 Å². The molecular weight excluding hydrogens is 612 g/mol. The highest BCUT2D eigenvalue weighted by atomic mass is 79.9. The summed E-state index contributed by atoms with van der Waals surface area (Å²) in [6.07, 6.45) is 0. The maximum Gasteiger partial charge on any atom is 0.262 e. The van der Waals surface area contributed by atoms with Crippen LogP contribution in [0.4, 0.5) is 11.4 Å². The number of amides is 2. The third kappa shape index (κ3) is 6.26. The third-order valence-corrected chi connectivity index (χ3v) is 6.94. The average Bonchev–Trinajstić information content (AvgIpc) is 2.95. The number of halogens is 2. The number of hydrogen-bond acceptors (Lipinski definition) is 4. The standard InChI is InChI=1S/C30H26Br2N2O4/c1-37-27-15-13-21(31)19-25(27)29(35)33(23-9-5-3-6-10-23)17-18-34(24-11-7-4-8-12-24)30(36)26-20-22(32)14-16-28(26)38-2/h3-16,19-20H,17-18H2,1-2H3. The molecule has 0 saturated carbocycles. The minimum atomic E-state index is -0.241. The van der Waals surface area contributed by atoms with Crippen molar-refractivity contribution >= 4 is 55.0 Å². The average molecular weight is 638 g/mol. The molecule has 2 amide bonds. The molecule has 0 aliphatic carbocycles. The van der Waals surface area contributed by atoms with Crippen LogP contribution in [0.1, 0.15) is 20.7 Å². The molecule has 0 N–H and O–H groups in total. The van der Waals surface area contributed by atoms with Gasteiger partial charge in [0.2, 0.25) is 0 Å². The van der Waals surface area contributed by atoms with E-state index in [1.165, 1.54) is 14.2 Å². The summed E-state index contributed by atoms with van der Waals surface area (Å²) in [5.41, 5.74) is 2.24. The zero-order valence-corrected chi connectivity index (χ0v) is 24.1. The fourth-order valence-electron chi connectivity index (χ4n) is 4.10. The molecule has 4 aromatic carbocycles. The van der Waals surface area contributed by atoms with E-state index in [9.17, 15) is 9.59 Å². The van der Waals surface area contributed by atoms with Gasteiger partial charge in [-0.05, 0) is 60.7 Å². The lowest BCUT2D eigenvalue weighted by Gasteiger charge is -2.29. The van der Waals surface area contributed by atoms with Gasteiger partial charge in [-0.2, -0.15) is 0 Å². The van der Waals surface area contributed by atoms with Crippen LogP contribution < -0.4 is 19.3 Å². The first-order chi connectivity index (χ1) is 18.4. The Kier molecular flexibility index (Phi) is 9.20. The van der Waals surface area contributed by atoms with Gasteiger partial charge in [0.1, 0.15) is 11.5 Å². The number of hydrogen-bond donors (Lipinski definition) is 0. The van der Waals surface area contributed by atoms with Gasteiger partial charge in [0.25, 0.3) is 11.8 Å². The van der Waals surface area contributed by atoms with Gasteiger partial charge in [-0.3, -0.25) is 9.59 Å². The van der Waals surface area contributed by atoms with Crippen LogP contribution in [0, 0.1) is 0 Å². The van der Waals surface area contributed by atoms with Crippen LogP contribution in [-0.4, -0.2) is 39.1 Å². The van der Waals surface area contributed by atoms with Crippen molar-refractivity contribution < 1.29 is 19.1 Å². The highest BCUT2D eigenvalue weighted by molar-refractivity contribution is 9.10. The molecule has 0 saturated heterocycles. The normalized spacial score (nSPS) is 10.5. The summed E-state index contributed by atoms with van der Waals surface area (Å²) in [5, 5.41) is 0. The number of methoxy groups -OCH3 is 2. The lowest BCUT2D eigenvalue weighted by molar-refractivity contribution is 0.0964. The second-order valence-electron chi connectivity index (χ2n) is 8.27. The maximum atomic E-state index is 13.9. The van der Waals surface area contributed by atoms with Gasteiger partial charge in [0, 0.05) is 33.4 Å². The summed E-state index contributed by atoms with van der Waals surface area (Å²) in [7, 11) is 3.07. The van der Waals surface area contributed by atoms with Crippen LogP contribution in [0.2, 0.25) is 0 Å². The summed E-state index contributed by atoms with van der Waals surface area (Å²) in [4.78, 5) is 31.1. The molecule has 4 aromatic rings. The SMILES string of the molecule is COc1ccc(Br)cc1C(=O)N(CCN(C(=O)c1cc(Br)ccc1OC)c1ccccc1)c1ccccc1. The fraction of sp³-hybridized carbons (Fsp3) is 0.133. The molecule has 0 aliphatic heterocycles. The molecular formula is C30H26Br2N2O4. The van der Waals surface area contributed by atoms with Crippen LogP contribution in [-0.2, 0) is 0 Å². The topological polar surface area (TPSA) is 59.1 Å². The first-order valence-electron chi connectivity index (χ1n) is 11.8. The van der Waals surface area contributed by atoms with Gasteiger partial charge < -0.3 is 19.3 Å². The van der Waals surface area contributed by atoms with Crippen LogP contribution in [0.25, 0.3) is 0 Å². The molecule has 0 heterocycles. The van der Waals surface area contributed by atoms with Crippen molar-refractivity contribution in [1.82, 2.24) is 0 Å². The minimum absolute atomic E-state index is 0.232. The van der Waals surface area contributed by atoms with Crippen LogP contribution in [0.5, 0.6) is 11.5 Å². The van der Waals surface area contributed by atoms with E-state index >= 15 is 0 Å².